The molecule has 0 heterocycles. The molecule has 0 aromatic rings. The Kier molecular flexibility index (Phi) is 6.91. The van der Waals surface area contributed by atoms with Gasteiger partial charge in [0.1, 0.15) is 0 Å². The molecule has 0 aromatic carbocycles. The molecule has 0 saturated heterocycles. The molecule has 0 aliphatic rings. The molecule has 5 nitrogen and oxygen atoms in total. The van der Waals surface area contributed by atoms with Crippen LogP contribution in [0.25, 0.3) is 0 Å². The van der Waals surface area contributed by atoms with Gasteiger partial charge >= 0.3 is 11.9 Å². The van der Waals surface area contributed by atoms with E-state index in [2.05, 4.69) is 4.74 Å². The van der Waals surface area contributed by atoms with Crippen LogP contribution in [0.5, 0.6) is 0 Å². The summed E-state index contributed by atoms with van der Waals surface area (Å²) < 4.78 is 9.62. The third-order valence-electron chi connectivity index (χ3n) is 2.56. The van der Waals surface area contributed by atoms with E-state index in [1.807, 2.05) is 20.8 Å². The van der Waals surface area contributed by atoms with E-state index >= 15 is 0 Å². The van der Waals surface area contributed by atoms with Crippen molar-refractivity contribution >= 4 is 11.9 Å². The molecule has 5 heteroatoms. The maximum Gasteiger partial charge on any atom is 0.309 e. The Balaban J connectivity index is 4.44. The van der Waals surface area contributed by atoms with E-state index in [9.17, 15) is 9.59 Å². The molecule has 106 valence electrons. The van der Waals surface area contributed by atoms with Gasteiger partial charge in [0.25, 0.3) is 0 Å². The fourth-order valence-corrected chi connectivity index (χ4v) is 1.66. The number of ether oxygens (including phenoxy) is 2. The normalized spacial score (nSPS) is 14.8. The van der Waals surface area contributed by atoms with Crippen molar-refractivity contribution in [2.75, 3.05) is 6.61 Å². The molecule has 18 heavy (non-hydrogen) atoms. The van der Waals surface area contributed by atoms with Crippen LogP contribution in [0.4, 0.5) is 0 Å². The molecule has 0 spiro atoms. The van der Waals surface area contributed by atoms with Crippen molar-refractivity contribution in [2.24, 2.45) is 11.3 Å². The molecular formula is C13H24O5. The minimum absolute atomic E-state index is 0.0889. The zero-order valence-electron chi connectivity index (χ0n) is 11.9. The Morgan fingerprint density at radius 2 is 1.83 bits per heavy atom. The van der Waals surface area contributed by atoms with Gasteiger partial charge in [0, 0.05) is 6.42 Å². The summed E-state index contributed by atoms with van der Waals surface area (Å²) in [5, 5.41) is 8.91. The topological polar surface area (TPSA) is 72.8 Å². The van der Waals surface area contributed by atoms with Crippen molar-refractivity contribution in [2.45, 2.75) is 53.8 Å². The quantitative estimate of drug-likeness (QED) is 0.583. The molecule has 0 rings (SSSR count). The van der Waals surface area contributed by atoms with Gasteiger partial charge in [-0.25, -0.2) is 0 Å². The van der Waals surface area contributed by atoms with Crippen LogP contribution < -0.4 is 0 Å². The molecule has 0 aliphatic carbocycles. The van der Waals surface area contributed by atoms with Gasteiger partial charge in [-0.3, -0.25) is 9.59 Å². The number of aliphatic hydroxyl groups excluding tert-OH is 1. The van der Waals surface area contributed by atoms with Crippen molar-refractivity contribution in [1.82, 2.24) is 0 Å². The molecule has 0 amide bonds. The van der Waals surface area contributed by atoms with Crippen LogP contribution >= 0.6 is 0 Å². The van der Waals surface area contributed by atoms with E-state index in [-0.39, 0.29) is 23.7 Å². The van der Waals surface area contributed by atoms with Crippen LogP contribution in [0.2, 0.25) is 0 Å². The highest BCUT2D eigenvalue weighted by molar-refractivity contribution is 5.75. The smallest absolute Gasteiger partial charge is 0.309 e. The standard InChI is InChI=1S/C13H24O5/c1-6-17-12(16)10(13(3,4)5)7-8-11(15)18-9(2)14/h9-10,14H,6-8H2,1-5H3. The fourth-order valence-electron chi connectivity index (χ4n) is 1.66. The summed E-state index contributed by atoms with van der Waals surface area (Å²) >= 11 is 0. The van der Waals surface area contributed by atoms with E-state index < -0.39 is 12.3 Å². The van der Waals surface area contributed by atoms with Gasteiger partial charge in [-0.05, 0) is 25.7 Å². The first-order valence-electron chi connectivity index (χ1n) is 6.22. The summed E-state index contributed by atoms with van der Waals surface area (Å²) in [6.45, 7) is 9.21. The molecule has 0 bridgehead atoms. The summed E-state index contributed by atoms with van der Waals surface area (Å²) in [4.78, 5) is 23.1. The van der Waals surface area contributed by atoms with Crippen molar-refractivity contribution < 1.29 is 24.2 Å². The minimum atomic E-state index is -1.12. The van der Waals surface area contributed by atoms with Gasteiger partial charge in [0.2, 0.25) is 0 Å². The molecule has 0 saturated carbocycles. The van der Waals surface area contributed by atoms with Gasteiger partial charge in [0.15, 0.2) is 6.29 Å². The first-order valence-corrected chi connectivity index (χ1v) is 6.22. The molecule has 0 aliphatic heterocycles. The third-order valence-corrected chi connectivity index (χ3v) is 2.56. The van der Waals surface area contributed by atoms with Gasteiger partial charge < -0.3 is 14.6 Å². The lowest BCUT2D eigenvalue weighted by molar-refractivity contribution is -0.165. The maximum absolute atomic E-state index is 11.8. The zero-order chi connectivity index (χ0) is 14.3. The van der Waals surface area contributed by atoms with Crippen molar-refractivity contribution in [3.8, 4) is 0 Å². The first-order chi connectivity index (χ1) is 8.18. The Hall–Kier alpha value is -1.10. The third kappa shape index (κ3) is 6.59. The number of rotatable bonds is 6. The highest BCUT2D eigenvalue weighted by Gasteiger charge is 2.32. The molecule has 0 fully saturated rings. The number of aliphatic hydroxyl groups is 1. The lowest BCUT2D eigenvalue weighted by Crippen LogP contribution is -2.31. The average Bonchev–Trinajstić information content (AvgIpc) is 2.14. The second-order valence-corrected chi connectivity index (χ2v) is 5.30. The van der Waals surface area contributed by atoms with Crippen molar-refractivity contribution in [3.05, 3.63) is 0 Å². The Labute approximate surface area is 108 Å². The van der Waals surface area contributed by atoms with E-state index in [1.165, 1.54) is 6.92 Å². The molecule has 2 atom stereocenters. The Bertz CT molecular complexity index is 278. The minimum Gasteiger partial charge on any atom is -0.466 e. The Morgan fingerprint density at radius 3 is 2.22 bits per heavy atom. The number of esters is 2. The van der Waals surface area contributed by atoms with Crippen LogP contribution in [0.3, 0.4) is 0 Å². The molecule has 0 radical (unpaired) electrons. The second kappa shape index (κ2) is 7.36. The number of carbonyl (C=O) groups is 2. The van der Waals surface area contributed by atoms with Crippen molar-refractivity contribution in [3.63, 3.8) is 0 Å². The van der Waals surface area contributed by atoms with Crippen LogP contribution in [0, 0.1) is 11.3 Å². The lowest BCUT2D eigenvalue weighted by atomic mass is 9.78. The molecular weight excluding hydrogens is 236 g/mol. The first kappa shape index (κ1) is 16.9. The lowest BCUT2D eigenvalue weighted by Gasteiger charge is -2.28. The van der Waals surface area contributed by atoms with Crippen molar-refractivity contribution in [1.29, 1.82) is 0 Å². The van der Waals surface area contributed by atoms with Crippen LogP contribution in [-0.4, -0.2) is 29.9 Å². The summed E-state index contributed by atoms with van der Waals surface area (Å²) in [5.74, 6) is -1.17. The Morgan fingerprint density at radius 1 is 1.28 bits per heavy atom. The van der Waals surface area contributed by atoms with Gasteiger partial charge in [-0.1, -0.05) is 20.8 Å². The van der Waals surface area contributed by atoms with E-state index in [4.69, 9.17) is 9.84 Å². The SMILES string of the molecule is CCOC(=O)C(CCC(=O)OC(C)O)C(C)(C)C. The zero-order valence-corrected chi connectivity index (χ0v) is 11.9. The number of hydrogen-bond donors (Lipinski definition) is 1. The van der Waals surface area contributed by atoms with Crippen LogP contribution in [-0.2, 0) is 19.1 Å². The van der Waals surface area contributed by atoms with E-state index in [0.717, 1.165) is 0 Å². The van der Waals surface area contributed by atoms with Crippen LogP contribution in [0.1, 0.15) is 47.5 Å². The summed E-state index contributed by atoms with van der Waals surface area (Å²) in [6, 6.07) is 0. The molecule has 1 N–H and O–H groups in total. The van der Waals surface area contributed by atoms with Gasteiger partial charge in [-0.2, -0.15) is 0 Å². The van der Waals surface area contributed by atoms with Gasteiger partial charge in [0.05, 0.1) is 12.5 Å². The summed E-state index contributed by atoms with van der Waals surface area (Å²) in [7, 11) is 0. The summed E-state index contributed by atoms with van der Waals surface area (Å²) in [6.07, 6.45) is -0.673. The average molecular weight is 260 g/mol. The van der Waals surface area contributed by atoms with E-state index in [1.54, 1.807) is 6.92 Å². The fraction of sp³-hybridized carbons (Fsp3) is 0.846. The predicted octanol–water partition coefficient (Wildman–Crippen LogP) is 1.87. The number of hydrogen-bond acceptors (Lipinski definition) is 5. The largest absolute Gasteiger partial charge is 0.466 e. The maximum atomic E-state index is 11.8. The highest BCUT2D eigenvalue weighted by Crippen LogP contribution is 2.31. The number of carbonyl (C=O) groups excluding carboxylic acids is 2. The molecule has 2 unspecified atom stereocenters. The molecule has 0 aromatic heterocycles. The van der Waals surface area contributed by atoms with E-state index in [0.29, 0.717) is 13.0 Å². The monoisotopic (exact) mass is 260 g/mol. The highest BCUT2D eigenvalue weighted by atomic mass is 16.6. The summed E-state index contributed by atoms with van der Waals surface area (Å²) in [5.41, 5.74) is -0.280. The van der Waals surface area contributed by atoms with Crippen LogP contribution in [0.15, 0.2) is 0 Å². The second-order valence-electron chi connectivity index (χ2n) is 5.30. The van der Waals surface area contributed by atoms with Gasteiger partial charge in [-0.15, -0.1) is 0 Å². The predicted molar refractivity (Wildman–Crippen MR) is 66.6 cm³/mol.